The molecule has 1 aliphatic carbocycles. The van der Waals surface area contributed by atoms with Gasteiger partial charge in [0.05, 0.1) is 5.56 Å². The predicted molar refractivity (Wildman–Crippen MR) is 106 cm³/mol. The van der Waals surface area contributed by atoms with E-state index in [4.69, 9.17) is 11.5 Å². The number of primary amides is 1. The molecular weight excluding hydrogens is 328 g/mol. The Hall–Kier alpha value is -2.80. The first-order chi connectivity index (χ1) is 12.6. The highest BCUT2D eigenvalue weighted by Crippen LogP contribution is 2.25. The van der Waals surface area contributed by atoms with Crippen LogP contribution < -0.4 is 27.4 Å². The van der Waals surface area contributed by atoms with E-state index in [1.54, 1.807) is 12.1 Å². The van der Waals surface area contributed by atoms with Gasteiger partial charge in [-0.2, -0.15) is 0 Å². The van der Waals surface area contributed by atoms with Crippen LogP contribution in [0.1, 0.15) is 36.0 Å². The fourth-order valence-electron chi connectivity index (χ4n) is 3.22. The summed E-state index contributed by atoms with van der Waals surface area (Å²) in [7, 11) is 1.86. The highest BCUT2D eigenvalue weighted by atomic mass is 16.1. The Labute approximate surface area is 153 Å². The van der Waals surface area contributed by atoms with Gasteiger partial charge >= 0.3 is 0 Å². The maximum absolute atomic E-state index is 11.8. The maximum Gasteiger partial charge on any atom is 0.252 e. The third kappa shape index (κ3) is 4.23. The highest BCUT2D eigenvalue weighted by molar-refractivity contribution is 5.98. The second-order valence-electron chi connectivity index (χ2n) is 6.61. The van der Waals surface area contributed by atoms with Crippen LogP contribution in [-0.4, -0.2) is 30.0 Å². The summed E-state index contributed by atoms with van der Waals surface area (Å²) >= 11 is 0. The molecule has 2 atom stereocenters. The van der Waals surface area contributed by atoms with Crippen LogP contribution in [0.5, 0.6) is 0 Å². The molecular formula is C19H26N6O. The van der Waals surface area contributed by atoms with Gasteiger partial charge in [-0.15, -0.1) is 0 Å². The van der Waals surface area contributed by atoms with Crippen LogP contribution in [0.3, 0.4) is 0 Å². The number of hydrogen-bond donors (Lipinski definition) is 5. The molecule has 1 saturated carbocycles. The van der Waals surface area contributed by atoms with E-state index in [9.17, 15) is 4.79 Å². The molecule has 1 aromatic carbocycles. The van der Waals surface area contributed by atoms with Crippen molar-refractivity contribution >= 4 is 28.9 Å². The Bertz CT molecular complexity index is 761. The van der Waals surface area contributed by atoms with Crippen molar-refractivity contribution in [3.8, 4) is 0 Å². The topological polar surface area (TPSA) is 118 Å². The van der Waals surface area contributed by atoms with Gasteiger partial charge in [0, 0.05) is 30.5 Å². The summed E-state index contributed by atoms with van der Waals surface area (Å²) in [4.78, 5) is 16.3. The molecule has 138 valence electrons. The number of nitrogens with two attached hydrogens (primary N) is 2. The number of carbonyl (C=O) groups is 1. The first-order valence-electron chi connectivity index (χ1n) is 8.94. The molecule has 0 saturated heterocycles. The van der Waals surface area contributed by atoms with E-state index in [2.05, 4.69) is 20.9 Å². The van der Waals surface area contributed by atoms with E-state index in [-0.39, 0.29) is 12.1 Å². The van der Waals surface area contributed by atoms with E-state index in [0.717, 1.165) is 30.6 Å². The van der Waals surface area contributed by atoms with Crippen LogP contribution in [0.25, 0.3) is 0 Å². The van der Waals surface area contributed by atoms with Gasteiger partial charge in [-0.1, -0.05) is 12.8 Å². The first-order valence-corrected chi connectivity index (χ1v) is 8.94. The summed E-state index contributed by atoms with van der Waals surface area (Å²) in [5, 5.41) is 9.65. The van der Waals surface area contributed by atoms with E-state index < -0.39 is 5.91 Å². The summed E-state index contributed by atoms with van der Waals surface area (Å²) in [5.41, 5.74) is 13.9. The second-order valence-corrected chi connectivity index (χ2v) is 6.61. The smallest absolute Gasteiger partial charge is 0.252 e. The minimum absolute atomic E-state index is 0.117. The van der Waals surface area contributed by atoms with E-state index in [0.29, 0.717) is 17.2 Å². The molecule has 1 aromatic heterocycles. The normalized spacial score (nSPS) is 19.6. The summed E-state index contributed by atoms with van der Waals surface area (Å²) in [5.74, 6) is 0.601. The van der Waals surface area contributed by atoms with Crippen LogP contribution in [-0.2, 0) is 0 Å². The molecule has 7 N–H and O–H groups in total. The van der Waals surface area contributed by atoms with E-state index in [1.165, 1.54) is 6.42 Å². The Morgan fingerprint density at radius 2 is 1.77 bits per heavy atom. The number of rotatable bonds is 6. The molecule has 1 amide bonds. The van der Waals surface area contributed by atoms with Gasteiger partial charge in [-0.3, -0.25) is 4.79 Å². The molecule has 3 rings (SSSR count). The Morgan fingerprint density at radius 3 is 2.42 bits per heavy atom. The average molecular weight is 354 g/mol. The van der Waals surface area contributed by atoms with Crippen LogP contribution in [0.2, 0.25) is 0 Å². The lowest BCUT2D eigenvalue weighted by Crippen LogP contribution is -2.42. The van der Waals surface area contributed by atoms with Gasteiger partial charge in [-0.25, -0.2) is 4.98 Å². The first kappa shape index (κ1) is 18.0. The van der Waals surface area contributed by atoms with Gasteiger partial charge in [0.2, 0.25) is 0 Å². The molecule has 26 heavy (non-hydrogen) atoms. The van der Waals surface area contributed by atoms with Crippen molar-refractivity contribution in [2.24, 2.45) is 11.5 Å². The molecule has 2 aromatic rings. The molecule has 1 aliphatic rings. The molecule has 7 nitrogen and oxygen atoms in total. The number of benzene rings is 1. The summed E-state index contributed by atoms with van der Waals surface area (Å²) in [6.07, 6.45) is 4.37. The van der Waals surface area contributed by atoms with Crippen LogP contribution in [0.4, 0.5) is 23.0 Å². The largest absolute Gasteiger partial charge is 0.388 e. The average Bonchev–Trinajstić information content (AvgIpc) is 2.64. The summed E-state index contributed by atoms with van der Waals surface area (Å²) in [6.45, 7) is 0. The minimum atomic E-state index is -0.521. The van der Waals surface area contributed by atoms with Gasteiger partial charge in [0.15, 0.2) is 0 Å². The Morgan fingerprint density at radius 1 is 1.08 bits per heavy atom. The van der Waals surface area contributed by atoms with Crippen molar-refractivity contribution in [2.75, 3.05) is 23.0 Å². The van der Waals surface area contributed by atoms with Crippen molar-refractivity contribution in [1.82, 2.24) is 4.98 Å². The van der Waals surface area contributed by atoms with Crippen molar-refractivity contribution < 1.29 is 4.79 Å². The van der Waals surface area contributed by atoms with Crippen LogP contribution >= 0.6 is 0 Å². The quantitative estimate of drug-likeness (QED) is 0.544. The minimum Gasteiger partial charge on any atom is -0.388 e. The fourth-order valence-corrected chi connectivity index (χ4v) is 3.22. The van der Waals surface area contributed by atoms with Gasteiger partial charge in [0.1, 0.15) is 11.6 Å². The number of pyridine rings is 1. The highest BCUT2D eigenvalue weighted by Gasteiger charge is 2.22. The lowest BCUT2D eigenvalue weighted by atomic mass is 9.91. The zero-order valence-corrected chi connectivity index (χ0v) is 15.0. The van der Waals surface area contributed by atoms with Crippen molar-refractivity contribution in [2.45, 2.75) is 37.8 Å². The SMILES string of the molecule is CNc1ccc(Nc2nc(NC3CCCCC3N)ccc2C(N)=O)cc1. The van der Waals surface area contributed by atoms with Crippen LogP contribution in [0, 0.1) is 0 Å². The van der Waals surface area contributed by atoms with Gasteiger partial charge < -0.3 is 27.4 Å². The van der Waals surface area contributed by atoms with Gasteiger partial charge in [-0.05, 0) is 49.2 Å². The molecule has 0 spiro atoms. The number of aromatic nitrogens is 1. The number of hydrogen-bond acceptors (Lipinski definition) is 6. The Balaban J connectivity index is 1.82. The fraction of sp³-hybridized carbons (Fsp3) is 0.368. The molecule has 2 unspecified atom stereocenters. The Kier molecular flexibility index (Phi) is 5.58. The lowest BCUT2D eigenvalue weighted by Gasteiger charge is -2.29. The molecule has 1 heterocycles. The molecule has 0 radical (unpaired) electrons. The van der Waals surface area contributed by atoms with E-state index >= 15 is 0 Å². The van der Waals surface area contributed by atoms with E-state index in [1.807, 2.05) is 31.3 Å². The van der Waals surface area contributed by atoms with Crippen molar-refractivity contribution in [1.29, 1.82) is 0 Å². The monoisotopic (exact) mass is 354 g/mol. The number of amides is 1. The zero-order valence-electron chi connectivity index (χ0n) is 15.0. The maximum atomic E-state index is 11.8. The predicted octanol–water partition coefficient (Wildman–Crippen LogP) is 2.65. The van der Waals surface area contributed by atoms with Crippen LogP contribution in [0.15, 0.2) is 36.4 Å². The number of nitrogens with one attached hydrogen (secondary N) is 3. The number of carbonyl (C=O) groups excluding carboxylic acids is 1. The third-order valence-electron chi connectivity index (χ3n) is 4.75. The van der Waals surface area contributed by atoms with Crippen molar-refractivity contribution in [3.63, 3.8) is 0 Å². The molecule has 7 heteroatoms. The third-order valence-corrected chi connectivity index (χ3v) is 4.75. The number of anilines is 4. The number of nitrogens with zero attached hydrogens (tertiary/aromatic N) is 1. The molecule has 1 fully saturated rings. The zero-order chi connectivity index (χ0) is 18.5. The molecule has 0 aliphatic heterocycles. The van der Waals surface area contributed by atoms with Gasteiger partial charge in [0.25, 0.3) is 5.91 Å². The van der Waals surface area contributed by atoms with Crippen molar-refractivity contribution in [3.05, 3.63) is 42.0 Å². The summed E-state index contributed by atoms with van der Waals surface area (Å²) in [6, 6.07) is 11.5. The standard InChI is InChI=1S/C19H26N6O/c1-22-12-6-8-13(9-7-12)23-19-14(18(21)26)10-11-17(25-19)24-16-5-3-2-4-15(16)20/h6-11,15-16,22H,2-5,20H2,1H3,(H2,21,26)(H2,23,24,25). The lowest BCUT2D eigenvalue weighted by molar-refractivity contribution is 0.100. The molecule has 0 bridgehead atoms. The second kappa shape index (κ2) is 8.05. The summed E-state index contributed by atoms with van der Waals surface area (Å²) < 4.78 is 0.